The fourth-order valence-corrected chi connectivity index (χ4v) is 8.42. The van der Waals surface area contributed by atoms with Gasteiger partial charge < -0.3 is 4.90 Å². The van der Waals surface area contributed by atoms with E-state index < -0.39 is 10.8 Å². The highest BCUT2D eigenvalue weighted by Crippen LogP contribution is 2.48. The number of carbonyl (C=O) groups is 3. The number of aromatic nitrogens is 8. The largest absolute Gasteiger partial charge is 0.355 e. The maximum Gasteiger partial charge on any atom is 0.242 e. The van der Waals surface area contributed by atoms with Gasteiger partial charge in [-0.3, -0.25) is 39.1 Å². The van der Waals surface area contributed by atoms with Gasteiger partial charge in [-0.15, -0.1) is 0 Å². The van der Waals surface area contributed by atoms with E-state index in [1.54, 1.807) is 51.9 Å². The van der Waals surface area contributed by atoms with E-state index in [9.17, 15) is 14.4 Å². The van der Waals surface area contributed by atoms with Crippen LogP contribution in [-0.2, 0) is 25.2 Å². The summed E-state index contributed by atoms with van der Waals surface area (Å²) in [5, 5.41) is 0. The van der Waals surface area contributed by atoms with Crippen molar-refractivity contribution in [1.82, 2.24) is 39.9 Å². The molecular weight excluding hydrogens is 769 g/mol. The fourth-order valence-electron chi connectivity index (χ4n) is 8.42. The van der Waals surface area contributed by atoms with E-state index in [0.29, 0.717) is 36.2 Å². The minimum absolute atomic E-state index is 0.00248. The lowest BCUT2D eigenvalue weighted by atomic mass is 9.85. The average molecular weight is 815 g/mol. The number of aryl methyl sites for hydroxylation is 2. The van der Waals surface area contributed by atoms with Gasteiger partial charge in [-0.25, -0.2) is 29.9 Å². The Morgan fingerprint density at radius 2 is 0.951 bits per heavy atom. The normalized spacial score (nSPS) is 17.4. The second-order valence-corrected chi connectivity index (χ2v) is 16.8. The van der Waals surface area contributed by atoms with Crippen molar-refractivity contribution < 1.29 is 14.4 Å². The molecule has 6 aromatic rings. The molecule has 8 heterocycles. The third-order valence-corrected chi connectivity index (χ3v) is 12.0. The Balaban J connectivity index is 0.000000156. The zero-order valence-corrected chi connectivity index (χ0v) is 35.1. The number of carbonyl (C=O) groups excluding carboxylic acids is 3. The molecule has 0 atom stereocenters. The summed E-state index contributed by atoms with van der Waals surface area (Å²) in [5.41, 5.74) is 5.81. The summed E-state index contributed by atoms with van der Waals surface area (Å²) < 4.78 is 0. The Morgan fingerprint density at radius 3 is 1.41 bits per heavy atom. The van der Waals surface area contributed by atoms with E-state index in [1.807, 2.05) is 90.3 Å². The van der Waals surface area contributed by atoms with Gasteiger partial charge in [0.05, 0.1) is 47.0 Å². The smallest absolute Gasteiger partial charge is 0.242 e. The number of rotatable bonds is 6. The molecule has 2 aromatic carbocycles. The molecule has 0 spiro atoms. The number of anilines is 6. The van der Waals surface area contributed by atoms with Crippen LogP contribution in [0, 0.1) is 13.8 Å². The van der Waals surface area contributed by atoms with Crippen molar-refractivity contribution in [3.63, 3.8) is 0 Å². The van der Waals surface area contributed by atoms with Crippen LogP contribution in [0.15, 0.2) is 86.0 Å². The van der Waals surface area contributed by atoms with Gasteiger partial charge in [0.15, 0.2) is 17.5 Å². The van der Waals surface area contributed by atoms with Gasteiger partial charge in [-0.1, -0.05) is 24.3 Å². The molecule has 61 heavy (non-hydrogen) atoms. The number of hydrogen-bond donors (Lipinski definition) is 0. The van der Waals surface area contributed by atoms with Crippen LogP contribution in [0.25, 0.3) is 22.3 Å². The van der Waals surface area contributed by atoms with Crippen molar-refractivity contribution in [1.29, 1.82) is 0 Å². The van der Waals surface area contributed by atoms with Gasteiger partial charge in [0.1, 0.15) is 17.5 Å². The van der Waals surface area contributed by atoms with Crippen molar-refractivity contribution in [3.8, 4) is 22.3 Å². The first kappa shape index (κ1) is 39.4. The Kier molecular flexibility index (Phi) is 9.84. The van der Waals surface area contributed by atoms with E-state index in [4.69, 9.17) is 4.98 Å². The summed E-state index contributed by atoms with van der Waals surface area (Å²) in [5.74, 6) is 3.65. The molecule has 2 fully saturated rings. The fraction of sp³-hybridized carbons (Fsp3) is 0.326. The van der Waals surface area contributed by atoms with E-state index in [2.05, 4.69) is 39.8 Å². The second kappa shape index (κ2) is 15.2. The minimum Gasteiger partial charge on any atom is -0.355 e. The Bertz CT molecular complexity index is 2690. The molecule has 4 aromatic heterocycles. The molecule has 0 aliphatic carbocycles. The summed E-state index contributed by atoms with van der Waals surface area (Å²) in [7, 11) is 0. The van der Waals surface area contributed by atoms with Crippen LogP contribution in [-0.4, -0.2) is 77.2 Å². The molecule has 15 nitrogen and oxygen atoms in total. The number of amides is 3. The van der Waals surface area contributed by atoms with Crippen LogP contribution in [0.3, 0.4) is 0 Å². The predicted molar refractivity (Wildman–Crippen MR) is 232 cm³/mol. The predicted octanol–water partition coefficient (Wildman–Crippen LogP) is 7.12. The van der Waals surface area contributed by atoms with E-state index >= 15 is 0 Å². The van der Waals surface area contributed by atoms with Crippen LogP contribution in [0.4, 0.5) is 34.6 Å². The highest BCUT2D eigenvalue weighted by molar-refractivity contribution is 6.13. The van der Waals surface area contributed by atoms with Gasteiger partial charge in [0.2, 0.25) is 17.7 Å². The zero-order valence-electron chi connectivity index (χ0n) is 35.1. The highest BCUT2D eigenvalue weighted by Gasteiger charge is 2.47. The van der Waals surface area contributed by atoms with Gasteiger partial charge in [-0.05, 0) is 95.2 Å². The van der Waals surface area contributed by atoms with Crippen LogP contribution in [0.1, 0.15) is 76.2 Å². The van der Waals surface area contributed by atoms with E-state index in [-0.39, 0.29) is 17.7 Å². The Morgan fingerprint density at radius 1 is 0.508 bits per heavy atom. The molecule has 2 saturated heterocycles. The maximum atomic E-state index is 13.4. The molecule has 15 heteroatoms. The van der Waals surface area contributed by atoms with Crippen molar-refractivity contribution >= 4 is 52.4 Å². The molecule has 0 N–H and O–H groups in total. The maximum absolute atomic E-state index is 13.4. The zero-order chi connectivity index (χ0) is 42.6. The summed E-state index contributed by atoms with van der Waals surface area (Å²) in [6, 6.07) is 12.0. The lowest BCUT2D eigenvalue weighted by molar-refractivity contribution is -0.122. The molecule has 3 amide bonds. The molecule has 4 aliphatic heterocycles. The van der Waals surface area contributed by atoms with E-state index in [1.165, 1.54) is 0 Å². The SMILES string of the molecule is Cc1ncc(-c2ccc3c(c2)N(c2cncc(N4CCCC4)n2)C(=O)C3(C)C)cn1.Cc1ncc(-c2ccc3c(c2)N(c2cncc(N4CCCC4=O)n2)C(=O)C3(C)C)cn1. The van der Waals surface area contributed by atoms with Crippen molar-refractivity contribution in [2.24, 2.45) is 0 Å². The summed E-state index contributed by atoms with van der Waals surface area (Å²) in [6.45, 7) is 14.0. The molecule has 0 radical (unpaired) electrons. The van der Waals surface area contributed by atoms with E-state index in [0.717, 1.165) is 88.7 Å². The quantitative estimate of drug-likeness (QED) is 0.167. The van der Waals surface area contributed by atoms with Crippen molar-refractivity contribution in [2.45, 2.75) is 78.1 Å². The highest BCUT2D eigenvalue weighted by atomic mass is 16.2. The number of fused-ring (bicyclic) bond motifs is 2. The second-order valence-electron chi connectivity index (χ2n) is 16.8. The van der Waals surface area contributed by atoms with Gasteiger partial charge in [0, 0.05) is 62.0 Å². The van der Waals surface area contributed by atoms with Crippen LogP contribution in [0.5, 0.6) is 0 Å². The summed E-state index contributed by atoms with van der Waals surface area (Å²) in [6.07, 6.45) is 17.4. The lowest BCUT2D eigenvalue weighted by Crippen LogP contribution is -2.34. The molecule has 4 aliphatic rings. The average Bonchev–Trinajstić information content (AvgIpc) is 4.04. The summed E-state index contributed by atoms with van der Waals surface area (Å²) >= 11 is 0. The standard InChI is InChI=1S/C23H22N6O2.C23H24N6O/c1-14-25-10-16(11-26-14)15-6-7-17-18(9-15)29(22(31)23(17,2)3)20-13-24-12-19(27-20)28-8-4-5-21(28)30;1-15-25-11-17(12-26-15)16-6-7-18-19(10-16)29(22(30)23(18,2)3)21-14-24-13-20(27-21)28-8-4-5-9-28/h6-7,9-13H,4-5,8H2,1-3H3;6-7,10-14H,4-5,8-9H2,1-3H3. The molecule has 0 saturated carbocycles. The molecule has 0 unspecified atom stereocenters. The van der Waals surface area contributed by atoms with Crippen LogP contribution in [0.2, 0.25) is 0 Å². The van der Waals surface area contributed by atoms with Gasteiger partial charge >= 0.3 is 0 Å². The number of nitrogens with zero attached hydrogens (tertiary/aromatic N) is 12. The van der Waals surface area contributed by atoms with Crippen LogP contribution < -0.4 is 19.6 Å². The summed E-state index contributed by atoms with van der Waals surface area (Å²) in [4.78, 5) is 81.5. The first-order valence-corrected chi connectivity index (χ1v) is 20.6. The lowest BCUT2D eigenvalue weighted by Gasteiger charge is -2.22. The third-order valence-electron chi connectivity index (χ3n) is 12.0. The topological polar surface area (TPSA) is 167 Å². The molecule has 0 bridgehead atoms. The number of hydrogen-bond acceptors (Lipinski definition) is 12. The third kappa shape index (κ3) is 7.02. The first-order chi connectivity index (χ1) is 29.3. The first-order valence-electron chi connectivity index (χ1n) is 20.6. The number of benzene rings is 2. The van der Waals surface area contributed by atoms with Crippen molar-refractivity contribution in [2.75, 3.05) is 39.2 Å². The van der Waals surface area contributed by atoms with Crippen LogP contribution >= 0.6 is 0 Å². The molecule has 308 valence electrons. The van der Waals surface area contributed by atoms with Crippen molar-refractivity contribution in [3.05, 3.63) is 109 Å². The minimum atomic E-state index is -0.710. The molecule has 10 rings (SSSR count). The molecular formula is C46H46N12O3. The van der Waals surface area contributed by atoms with Gasteiger partial charge in [0.25, 0.3) is 0 Å². The Hall–Kier alpha value is -7.03. The monoisotopic (exact) mass is 814 g/mol. The van der Waals surface area contributed by atoms with Gasteiger partial charge in [-0.2, -0.15) is 0 Å². The Labute approximate surface area is 354 Å².